The Morgan fingerprint density at radius 1 is 0.760 bits per heavy atom. The lowest BCUT2D eigenvalue weighted by Crippen LogP contribution is -2.50. The molecular formula is C43H42F3N3O. The summed E-state index contributed by atoms with van der Waals surface area (Å²) >= 11 is 0. The van der Waals surface area contributed by atoms with Gasteiger partial charge in [-0.3, -0.25) is 9.78 Å². The van der Waals surface area contributed by atoms with E-state index in [-0.39, 0.29) is 5.91 Å². The number of allylic oxidation sites excluding steroid dienone is 1. The van der Waals surface area contributed by atoms with Crippen molar-refractivity contribution in [1.29, 1.82) is 0 Å². The van der Waals surface area contributed by atoms with Crippen LogP contribution < -0.4 is 0 Å². The number of rotatable bonds is 12. The van der Waals surface area contributed by atoms with E-state index in [1.54, 1.807) is 6.20 Å². The van der Waals surface area contributed by atoms with E-state index in [1.807, 2.05) is 71.8 Å². The standard InChI is InChI=1S/C43H42F3N3O/c44-43(45,46)39-22-18-33(19-23-39)14-9-27-49(32-37-16-20-38(21-17-37)40-15-7-8-26-47-40)41(31-35-12-5-2-6-13-35)42(50)48-28-24-36(25-29-48)30-34-10-3-1-4-11-34/h1-13,15-23,26-27,36,41H,14,24-25,28-32H2/t41-/m0/s1. The largest absolute Gasteiger partial charge is 0.416 e. The zero-order valence-electron chi connectivity index (χ0n) is 28.1. The van der Waals surface area contributed by atoms with Crippen LogP contribution in [-0.2, 0) is 36.8 Å². The zero-order chi connectivity index (χ0) is 34.8. The summed E-state index contributed by atoms with van der Waals surface area (Å²) in [5, 5.41) is 0. The van der Waals surface area contributed by atoms with Gasteiger partial charge < -0.3 is 9.80 Å². The molecule has 1 saturated heterocycles. The molecule has 0 saturated carbocycles. The van der Waals surface area contributed by atoms with Gasteiger partial charge in [0.15, 0.2) is 0 Å². The fourth-order valence-electron chi connectivity index (χ4n) is 6.65. The van der Waals surface area contributed by atoms with E-state index in [1.165, 1.54) is 17.7 Å². The van der Waals surface area contributed by atoms with Crippen LogP contribution in [0.1, 0.15) is 40.7 Å². The van der Waals surface area contributed by atoms with E-state index < -0.39 is 17.8 Å². The van der Waals surface area contributed by atoms with Crippen molar-refractivity contribution in [2.45, 2.75) is 50.9 Å². The van der Waals surface area contributed by atoms with Crippen LogP contribution in [0.5, 0.6) is 0 Å². The van der Waals surface area contributed by atoms with E-state index in [2.05, 4.69) is 58.4 Å². The van der Waals surface area contributed by atoms with Gasteiger partial charge in [-0.25, -0.2) is 0 Å². The number of nitrogens with zero attached hydrogens (tertiary/aromatic N) is 3. The van der Waals surface area contributed by atoms with E-state index in [9.17, 15) is 18.0 Å². The van der Waals surface area contributed by atoms with Gasteiger partial charge in [-0.05, 0) is 84.3 Å². The lowest BCUT2D eigenvalue weighted by Gasteiger charge is -2.38. The number of amides is 1. The zero-order valence-corrected chi connectivity index (χ0v) is 28.1. The minimum absolute atomic E-state index is 0.0938. The highest BCUT2D eigenvalue weighted by Gasteiger charge is 2.32. The summed E-state index contributed by atoms with van der Waals surface area (Å²) in [6.45, 7) is 1.91. The highest BCUT2D eigenvalue weighted by atomic mass is 19.4. The van der Waals surface area contributed by atoms with Gasteiger partial charge in [-0.2, -0.15) is 13.2 Å². The molecule has 1 amide bonds. The van der Waals surface area contributed by atoms with Crippen LogP contribution in [0.4, 0.5) is 13.2 Å². The number of alkyl halides is 3. The summed E-state index contributed by atoms with van der Waals surface area (Å²) in [7, 11) is 0. The Kier molecular flexibility index (Phi) is 11.4. The van der Waals surface area contributed by atoms with Gasteiger partial charge in [-0.15, -0.1) is 0 Å². The van der Waals surface area contributed by atoms with E-state index in [0.717, 1.165) is 59.3 Å². The van der Waals surface area contributed by atoms with Gasteiger partial charge in [0, 0.05) is 37.8 Å². The first kappa shape index (κ1) is 34.7. The Labute approximate surface area is 292 Å². The van der Waals surface area contributed by atoms with Crippen molar-refractivity contribution in [3.8, 4) is 11.3 Å². The molecule has 1 aliphatic heterocycles. The normalized spacial score (nSPS) is 14.5. The fraction of sp³-hybridized carbons (Fsp3) is 0.256. The molecule has 1 fully saturated rings. The molecule has 256 valence electrons. The Morgan fingerprint density at radius 2 is 1.38 bits per heavy atom. The third-order valence-corrected chi connectivity index (χ3v) is 9.46. The third-order valence-electron chi connectivity index (χ3n) is 9.46. The molecule has 0 N–H and O–H groups in total. The molecule has 0 unspecified atom stereocenters. The molecule has 5 aromatic rings. The molecule has 1 aliphatic rings. The SMILES string of the molecule is O=C([C@H](Cc1ccccc1)N(C=CCc1ccc(C(F)(F)F)cc1)Cc1ccc(-c2ccccn2)cc1)N1CCC(Cc2ccccc2)CC1. The molecule has 6 rings (SSSR count). The second-order valence-corrected chi connectivity index (χ2v) is 13.0. The second kappa shape index (κ2) is 16.5. The molecule has 0 spiro atoms. The minimum Gasteiger partial charge on any atom is -0.361 e. The second-order valence-electron chi connectivity index (χ2n) is 13.0. The number of piperidine rings is 1. The maximum atomic E-state index is 14.5. The van der Waals surface area contributed by atoms with E-state index >= 15 is 0 Å². The molecule has 0 aliphatic carbocycles. The number of pyridine rings is 1. The number of aromatic nitrogens is 1. The molecule has 4 aromatic carbocycles. The predicted molar refractivity (Wildman–Crippen MR) is 193 cm³/mol. The third kappa shape index (κ3) is 9.50. The molecule has 0 radical (unpaired) electrons. The van der Waals surface area contributed by atoms with Gasteiger partial charge in [0.05, 0.1) is 11.3 Å². The Morgan fingerprint density at radius 3 is 2.00 bits per heavy atom. The number of carbonyl (C=O) groups excluding carboxylic acids is 1. The Balaban J connectivity index is 1.24. The Bertz CT molecular complexity index is 1800. The van der Waals surface area contributed by atoms with Crippen molar-refractivity contribution < 1.29 is 18.0 Å². The van der Waals surface area contributed by atoms with Crippen molar-refractivity contribution in [1.82, 2.24) is 14.8 Å². The van der Waals surface area contributed by atoms with Crippen LogP contribution in [0.15, 0.2) is 146 Å². The predicted octanol–water partition coefficient (Wildman–Crippen LogP) is 9.42. The monoisotopic (exact) mass is 673 g/mol. The van der Waals surface area contributed by atoms with Crippen LogP contribution in [0.2, 0.25) is 0 Å². The summed E-state index contributed by atoms with van der Waals surface area (Å²) in [6.07, 6.45) is 5.19. The van der Waals surface area contributed by atoms with Crippen LogP contribution in [0, 0.1) is 5.92 Å². The fourth-order valence-corrected chi connectivity index (χ4v) is 6.65. The maximum Gasteiger partial charge on any atom is 0.416 e. The van der Waals surface area contributed by atoms with Crippen LogP contribution in [0.25, 0.3) is 11.3 Å². The van der Waals surface area contributed by atoms with Crippen molar-refractivity contribution in [2.24, 2.45) is 5.92 Å². The quantitative estimate of drug-likeness (QED) is 0.132. The first-order valence-electron chi connectivity index (χ1n) is 17.3. The smallest absolute Gasteiger partial charge is 0.361 e. The van der Waals surface area contributed by atoms with E-state index in [4.69, 9.17) is 0 Å². The van der Waals surface area contributed by atoms with Crippen molar-refractivity contribution in [2.75, 3.05) is 13.1 Å². The summed E-state index contributed by atoms with van der Waals surface area (Å²) in [6, 6.07) is 39.5. The number of likely N-dealkylation sites (tertiary alicyclic amines) is 1. The molecule has 7 heteroatoms. The van der Waals surface area contributed by atoms with Gasteiger partial charge in [-0.1, -0.05) is 109 Å². The Hall–Kier alpha value is -5.17. The number of benzene rings is 4. The van der Waals surface area contributed by atoms with Crippen molar-refractivity contribution in [3.63, 3.8) is 0 Å². The first-order chi connectivity index (χ1) is 24.3. The molecule has 50 heavy (non-hydrogen) atoms. The lowest BCUT2D eigenvalue weighted by molar-refractivity contribution is -0.138. The molecular weight excluding hydrogens is 631 g/mol. The molecule has 2 heterocycles. The summed E-state index contributed by atoms with van der Waals surface area (Å²) in [5.74, 6) is 0.627. The number of halogens is 3. The number of hydrogen-bond donors (Lipinski definition) is 0. The summed E-state index contributed by atoms with van der Waals surface area (Å²) < 4.78 is 39.5. The van der Waals surface area contributed by atoms with Crippen LogP contribution in [0.3, 0.4) is 0 Å². The van der Waals surface area contributed by atoms with Crippen molar-refractivity contribution in [3.05, 3.63) is 174 Å². The summed E-state index contributed by atoms with van der Waals surface area (Å²) in [4.78, 5) is 23.1. The van der Waals surface area contributed by atoms with E-state index in [0.29, 0.717) is 38.4 Å². The minimum atomic E-state index is -4.38. The highest BCUT2D eigenvalue weighted by molar-refractivity contribution is 5.82. The topological polar surface area (TPSA) is 36.4 Å². The van der Waals surface area contributed by atoms with Crippen LogP contribution in [-0.4, -0.2) is 39.8 Å². The number of hydrogen-bond acceptors (Lipinski definition) is 3. The lowest BCUT2D eigenvalue weighted by atomic mass is 9.89. The first-order valence-corrected chi connectivity index (χ1v) is 17.3. The average molecular weight is 674 g/mol. The van der Waals surface area contributed by atoms with Crippen LogP contribution >= 0.6 is 0 Å². The van der Waals surface area contributed by atoms with Gasteiger partial charge in [0.1, 0.15) is 6.04 Å². The maximum absolute atomic E-state index is 14.5. The molecule has 1 aromatic heterocycles. The highest BCUT2D eigenvalue weighted by Crippen LogP contribution is 2.29. The number of carbonyl (C=O) groups is 1. The van der Waals surface area contributed by atoms with Gasteiger partial charge >= 0.3 is 6.18 Å². The molecule has 1 atom stereocenters. The molecule has 0 bridgehead atoms. The molecule has 4 nitrogen and oxygen atoms in total. The van der Waals surface area contributed by atoms with Gasteiger partial charge in [0.2, 0.25) is 5.91 Å². The summed E-state index contributed by atoms with van der Waals surface area (Å²) in [5.41, 5.74) is 5.43. The average Bonchev–Trinajstić information content (AvgIpc) is 3.15. The van der Waals surface area contributed by atoms with Crippen molar-refractivity contribution >= 4 is 5.91 Å². The van der Waals surface area contributed by atoms with Gasteiger partial charge in [0.25, 0.3) is 0 Å².